The van der Waals surface area contributed by atoms with E-state index in [0.717, 1.165) is 11.1 Å². The quantitative estimate of drug-likeness (QED) is 0.0403. The minimum absolute atomic E-state index is 0.0110. The van der Waals surface area contributed by atoms with Crippen LogP contribution in [-0.2, 0) is 40.6 Å². The number of aliphatic hydroxyl groups excluding tert-OH is 2. The highest BCUT2D eigenvalue weighted by Crippen LogP contribution is 2.48. The first-order valence-electron chi connectivity index (χ1n) is 19.5. The van der Waals surface area contributed by atoms with Gasteiger partial charge in [0.15, 0.2) is 0 Å². The number of hydrogen-bond acceptors (Lipinski definition) is 13. The van der Waals surface area contributed by atoms with Gasteiger partial charge in [0.1, 0.15) is 30.4 Å². The van der Waals surface area contributed by atoms with Crippen molar-refractivity contribution in [1.29, 1.82) is 0 Å². The number of rotatable bonds is 26. The van der Waals surface area contributed by atoms with Crippen LogP contribution < -0.4 is 60.6 Å². The van der Waals surface area contributed by atoms with Gasteiger partial charge in [0.25, 0.3) is 0 Å². The van der Waals surface area contributed by atoms with E-state index in [-0.39, 0.29) is 58.3 Å². The van der Waals surface area contributed by atoms with E-state index in [1.165, 1.54) is 6.92 Å². The van der Waals surface area contributed by atoms with Crippen LogP contribution in [0.3, 0.4) is 0 Å². The van der Waals surface area contributed by atoms with E-state index in [0.29, 0.717) is 12.8 Å². The number of hydrogen-bond donors (Lipinski definition) is 13. The van der Waals surface area contributed by atoms with E-state index in [2.05, 4.69) is 31.9 Å². The minimum Gasteiger partial charge on any atom is -0.391 e. The Hall–Kier alpha value is -5.02. The van der Waals surface area contributed by atoms with Gasteiger partial charge in [0, 0.05) is 13.0 Å². The molecule has 8 atom stereocenters. The highest BCUT2D eigenvalue weighted by Gasteiger charge is 2.52. The average Bonchev–Trinajstić information content (AvgIpc) is 4.02. The fourth-order valence-electron chi connectivity index (χ4n) is 6.40. The first-order chi connectivity index (χ1) is 27.7. The second-order valence-electron chi connectivity index (χ2n) is 14.6. The van der Waals surface area contributed by atoms with Gasteiger partial charge in [-0.3, -0.25) is 34.1 Å². The normalized spacial score (nSPS) is 17.2. The topological polar surface area (TPSA) is 345 Å². The molecular weight excluding hydrogens is 750 g/mol. The van der Waals surface area contributed by atoms with Gasteiger partial charge >= 0.3 is 0 Å². The SMILES string of the molecule is C[C@@H](O)[C@H](NC(=O)[C@H](CCN)NC(=O)[C@@H](N)CCN)C(O)NCC[C@H](NC(=O)C1(c2ccccc2)CC1)C(=O)N[C@@H](CCN)C(=O)N[C@H](Cc1ccccc1)C(N)=O. The van der Waals surface area contributed by atoms with Crippen LogP contribution >= 0.6 is 0 Å². The van der Waals surface area contributed by atoms with Crippen molar-refractivity contribution in [3.63, 3.8) is 0 Å². The number of carbonyl (C=O) groups is 6. The van der Waals surface area contributed by atoms with Crippen LogP contribution in [0.25, 0.3) is 0 Å². The third-order valence-corrected chi connectivity index (χ3v) is 10.0. The number of carbonyl (C=O) groups excluding carboxylic acids is 6. The summed E-state index contributed by atoms with van der Waals surface area (Å²) in [4.78, 5) is 79.3. The molecule has 1 aliphatic carbocycles. The van der Waals surface area contributed by atoms with Crippen LogP contribution in [0.1, 0.15) is 56.6 Å². The Morgan fingerprint density at radius 2 is 1.14 bits per heavy atom. The molecule has 0 saturated heterocycles. The maximum Gasteiger partial charge on any atom is 0.243 e. The van der Waals surface area contributed by atoms with Crippen molar-refractivity contribution in [2.45, 2.75) is 106 Å². The summed E-state index contributed by atoms with van der Waals surface area (Å²) in [6.07, 6.45) is -1.61. The minimum atomic E-state index is -1.58. The second kappa shape index (κ2) is 23.4. The Morgan fingerprint density at radius 1 is 0.655 bits per heavy atom. The van der Waals surface area contributed by atoms with Crippen molar-refractivity contribution in [1.82, 2.24) is 31.9 Å². The van der Waals surface area contributed by atoms with Crippen molar-refractivity contribution in [2.24, 2.45) is 28.7 Å². The van der Waals surface area contributed by atoms with E-state index >= 15 is 0 Å². The van der Waals surface area contributed by atoms with Gasteiger partial charge in [-0.1, -0.05) is 60.7 Å². The highest BCUT2D eigenvalue weighted by atomic mass is 16.3. The summed E-state index contributed by atoms with van der Waals surface area (Å²) in [5.41, 5.74) is 29.1. The lowest BCUT2D eigenvalue weighted by molar-refractivity contribution is -0.134. The summed E-state index contributed by atoms with van der Waals surface area (Å²) in [7, 11) is 0. The molecule has 19 nitrogen and oxygen atoms in total. The van der Waals surface area contributed by atoms with Crippen LogP contribution in [0, 0.1) is 0 Å². The van der Waals surface area contributed by atoms with Crippen LogP contribution in [0.2, 0.25) is 0 Å². The lowest BCUT2D eigenvalue weighted by Crippen LogP contribution is -2.60. The first-order valence-corrected chi connectivity index (χ1v) is 19.5. The molecule has 18 N–H and O–H groups in total. The Bertz CT molecular complexity index is 1650. The summed E-state index contributed by atoms with van der Waals surface area (Å²) in [6.45, 7) is 1.37. The molecule has 320 valence electrons. The predicted molar refractivity (Wildman–Crippen MR) is 216 cm³/mol. The van der Waals surface area contributed by atoms with E-state index in [4.69, 9.17) is 28.7 Å². The molecule has 0 heterocycles. The molecule has 1 saturated carbocycles. The lowest BCUT2D eigenvalue weighted by Gasteiger charge is -2.30. The summed E-state index contributed by atoms with van der Waals surface area (Å²) in [6, 6.07) is 11.1. The van der Waals surface area contributed by atoms with Crippen LogP contribution in [0.4, 0.5) is 0 Å². The van der Waals surface area contributed by atoms with Gasteiger partial charge in [0.2, 0.25) is 35.4 Å². The molecule has 2 aromatic rings. The molecule has 0 spiro atoms. The molecule has 0 aliphatic heterocycles. The molecule has 2 aromatic carbocycles. The maximum absolute atomic E-state index is 14.0. The fraction of sp³-hybridized carbons (Fsp3) is 0.538. The third kappa shape index (κ3) is 14.1. The summed E-state index contributed by atoms with van der Waals surface area (Å²) >= 11 is 0. The first kappa shape index (κ1) is 47.4. The zero-order valence-electron chi connectivity index (χ0n) is 32.9. The second-order valence-corrected chi connectivity index (χ2v) is 14.6. The van der Waals surface area contributed by atoms with Crippen molar-refractivity contribution in [3.05, 3.63) is 71.8 Å². The summed E-state index contributed by atoms with van der Waals surface area (Å²) in [5.74, 6) is -4.00. The molecule has 1 aliphatic rings. The number of benzene rings is 2. The van der Waals surface area contributed by atoms with E-state index in [9.17, 15) is 39.0 Å². The highest BCUT2D eigenvalue weighted by molar-refractivity contribution is 5.97. The summed E-state index contributed by atoms with van der Waals surface area (Å²) < 4.78 is 0. The van der Waals surface area contributed by atoms with Crippen LogP contribution in [0.15, 0.2) is 60.7 Å². The Morgan fingerprint density at radius 3 is 1.64 bits per heavy atom. The Balaban J connectivity index is 1.76. The van der Waals surface area contributed by atoms with Crippen LogP contribution in [0.5, 0.6) is 0 Å². The molecule has 1 unspecified atom stereocenters. The van der Waals surface area contributed by atoms with Gasteiger partial charge in [0.05, 0.1) is 23.6 Å². The Kier molecular flexibility index (Phi) is 19.1. The number of primary amides is 1. The van der Waals surface area contributed by atoms with E-state index in [1.807, 2.05) is 30.3 Å². The molecule has 0 aromatic heterocycles. The number of aliphatic hydroxyl groups is 2. The van der Waals surface area contributed by atoms with Crippen molar-refractivity contribution in [2.75, 3.05) is 26.2 Å². The van der Waals surface area contributed by atoms with Crippen molar-refractivity contribution < 1.29 is 39.0 Å². The molecule has 19 heteroatoms. The maximum atomic E-state index is 14.0. The van der Waals surface area contributed by atoms with Gasteiger partial charge < -0.3 is 65.5 Å². The van der Waals surface area contributed by atoms with Gasteiger partial charge in [-0.05, 0) is 76.2 Å². The molecule has 58 heavy (non-hydrogen) atoms. The largest absolute Gasteiger partial charge is 0.391 e. The van der Waals surface area contributed by atoms with Crippen molar-refractivity contribution >= 4 is 35.4 Å². The smallest absolute Gasteiger partial charge is 0.243 e. The number of nitrogens with two attached hydrogens (primary N) is 5. The molecular formula is C39H61N11O8. The van der Waals surface area contributed by atoms with Gasteiger partial charge in [-0.15, -0.1) is 0 Å². The zero-order valence-corrected chi connectivity index (χ0v) is 32.9. The van der Waals surface area contributed by atoms with Gasteiger partial charge in [-0.2, -0.15) is 0 Å². The molecule has 0 bridgehead atoms. The predicted octanol–water partition coefficient (Wildman–Crippen LogP) is -4.08. The number of nitrogens with one attached hydrogen (secondary N) is 6. The standard InChI is InChI=1S/C39H61N11O8/c1-23(51)31(50-36(56)28(14-20-42)46-33(53)26(43)12-18-40)37(57)45-21-15-29(49-38(58)39(16-17-39)25-10-6-3-7-11-25)35(55)47-27(13-19-41)34(54)48-30(32(44)52)22-24-8-4-2-5-9-24/h2-11,23,26-31,37,45,51,57H,12-22,40-43H2,1H3,(H2,44,52)(H,46,53)(H,47,55)(H,48,54)(H,49,58)(H,50,56)/t23-,26+,27+,28+,29+,30-,31+,37?/m1/s1. The fourth-order valence-corrected chi connectivity index (χ4v) is 6.40. The number of amides is 6. The molecule has 1 fully saturated rings. The van der Waals surface area contributed by atoms with Crippen molar-refractivity contribution in [3.8, 4) is 0 Å². The molecule has 6 amide bonds. The zero-order chi connectivity index (χ0) is 42.8. The molecule has 3 rings (SSSR count). The summed E-state index contributed by atoms with van der Waals surface area (Å²) in [5, 5.41) is 37.5. The van der Waals surface area contributed by atoms with Crippen LogP contribution in [-0.4, -0.2) is 120 Å². The van der Waals surface area contributed by atoms with E-state index < -0.39 is 89.4 Å². The van der Waals surface area contributed by atoms with Gasteiger partial charge in [-0.25, -0.2) is 0 Å². The molecule has 0 radical (unpaired) electrons. The monoisotopic (exact) mass is 811 g/mol. The third-order valence-electron chi connectivity index (χ3n) is 10.0. The average molecular weight is 812 g/mol. The Labute approximate surface area is 338 Å². The van der Waals surface area contributed by atoms with E-state index in [1.54, 1.807) is 30.3 Å². The lowest BCUT2D eigenvalue weighted by atomic mass is 9.94.